The van der Waals surface area contributed by atoms with E-state index in [0.717, 1.165) is 25.9 Å². The Morgan fingerprint density at radius 1 is 1.33 bits per heavy atom. The van der Waals surface area contributed by atoms with Crippen LogP contribution in [-0.2, 0) is 15.9 Å². The van der Waals surface area contributed by atoms with Gasteiger partial charge in [0.1, 0.15) is 16.4 Å². The van der Waals surface area contributed by atoms with E-state index in [-0.39, 0.29) is 10.8 Å². The fourth-order valence-electron chi connectivity index (χ4n) is 3.38. The van der Waals surface area contributed by atoms with Gasteiger partial charge >= 0.3 is 0 Å². The number of furan rings is 1. The van der Waals surface area contributed by atoms with Crippen LogP contribution in [0, 0.1) is 6.92 Å². The molecule has 0 saturated carbocycles. The normalized spacial score (nSPS) is 25.0. The van der Waals surface area contributed by atoms with Crippen LogP contribution in [0.1, 0.15) is 30.8 Å². The highest BCUT2D eigenvalue weighted by Gasteiger charge is 2.35. The van der Waals surface area contributed by atoms with Gasteiger partial charge in [0.25, 0.3) is 0 Å². The smallest absolute Gasteiger partial charge is 0.246 e. The van der Waals surface area contributed by atoms with E-state index >= 15 is 0 Å². The van der Waals surface area contributed by atoms with Gasteiger partial charge in [0, 0.05) is 25.2 Å². The predicted molar refractivity (Wildman–Crippen MR) is 81.0 cm³/mol. The largest absolute Gasteiger partial charge is 0.464 e. The van der Waals surface area contributed by atoms with Crippen LogP contribution in [0.5, 0.6) is 0 Å². The zero-order chi connectivity index (χ0) is 15.0. The minimum absolute atomic E-state index is 0.187. The number of alkyl halides is 1. The zero-order valence-electron chi connectivity index (χ0n) is 12.2. The van der Waals surface area contributed by atoms with E-state index in [4.69, 9.17) is 16.0 Å². The number of fused-ring (bicyclic) bond motifs is 1. The van der Waals surface area contributed by atoms with Crippen LogP contribution in [0.15, 0.2) is 15.4 Å². The average molecular weight is 333 g/mol. The summed E-state index contributed by atoms with van der Waals surface area (Å²) in [5, 5.41) is 0. The summed E-state index contributed by atoms with van der Waals surface area (Å²) in [7, 11) is -3.49. The lowest BCUT2D eigenvalue weighted by molar-refractivity contribution is 0.257. The molecule has 3 rings (SSSR count). The Kier molecular flexibility index (Phi) is 4.32. The molecule has 2 aliphatic rings. The van der Waals surface area contributed by atoms with Gasteiger partial charge in [-0.1, -0.05) is 0 Å². The Labute approximate surface area is 130 Å². The fraction of sp³-hybridized carbons (Fsp3) is 0.714. The molecule has 5 nitrogen and oxygen atoms in total. The molecule has 1 unspecified atom stereocenters. The maximum absolute atomic E-state index is 12.9. The Bertz CT molecular complexity index is 614. The second kappa shape index (κ2) is 5.91. The van der Waals surface area contributed by atoms with Crippen molar-refractivity contribution in [2.75, 3.05) is 26.2 Å². The number of hydrogen-bond acceptors (Lipinski definition) is 4. The lowest BCUT2D eigenvalue weighted by atomic mass is 10.2. The summed E-state index contributed by atoms with van der Waals surface area (Å²) in [6, 6.07) is 1.93. The maximum atomic E-state index is 12.9. The predicted octanol–water partition coefficient (Wildman–Crippen LogP) is 2.19. The van der Waals surface area contributed by atoms with Crippen molar-refractivity contribution < 1.29 is 12.8 Å². The van der Waals surface area contributed by atoms with Crippen molar-refractivity contribution in [3.8, 4) is 0 Å². The first-order valence-corrected chi connectivity index (χ1v) is 9.39. The summed E-state index contributed by atoms with van der Waals surface area (Å²) in [5.41, 5.74) is 0. The monoisotopic (exact) mass is 332 g/mol. The molecule has 2 aliphatic heterocycles. The molecule has 2 fully saturated rings. The molecule has 0 aliphatic carbocycles. The van der Waals surface area contributed by atoms with Crippen molar-refractivity contribution in [2.45, 2.75) is 43.0 Å². The first-order valence-electron chi connectivity index (χ1n) is 7.42. The number of rotatable bonds is 3. The third-order valence-electron chi connectivity index (χ3n) is 4.44. The lowest BCUT2D eigenvalue weighted by Crippen LogP contribution is -2.39. The molecule has 0 N–H and O–H groups in total. The van der Waals surface area contributed by atoms with Crippen molar-refractivity contribution in [3.05, 3.63) is 17.6 Å². The first-order chi connectivity index (χ1) is 10.0. The number of halogens is 1. The van der Waals surface area contributed by atoms with Crippen LogP contribution in [0.2, 0.25) is 0 Å². The molecule has 1 aromatic heterocycles. The van der Waals surface area contributed by atoms with Gasteiger partial charge in [-0.15, -0.1) is 11.6 Å². The molecular formula is C14H21ClN2O3S. The minimum atomic E-state index is -3.49. The number of aryl methyl sites for hydroxylation is 1. The summed E-state index contributed by atoms with van der Waals surface area (Å²) in [4.78, 5) is 2.69. The number of hydrogen-bond donors (Lipinski definition) is 0. The number of nitrogens with zero attached hydrogens (tertiary/aromatic N) is 2. The summed E-state index contributed by atoms with van der Waals surface area (Å²) < 4.78 is 32.8. The van der Waals surface area contributed by atoms with Crippen LogP contribution in [-0.4, -0.2) is 49.8 Å². The van der Waals surface area contributed by atoms with Crippen molar-refractivity contribution in [1.82, 2.24) is 9.21 Å². The molecule has 3 heterocycles. The Balaban J connectivity index is 1.88. The molecule has 21 heavy (non-hydrogen) atoms. The van der Waals surface area contributed by atoms with E-state index in [1.807, 2.05) is 0 Å². The molecule has 1 aromatic rings. The Morgan fingerprint density at radius 2 is 2.10 bits per heavy atom. The van der Waals surface area contributed by atoms with Gasteiger partial charge in [-0.25, -0.2) is 8.42 Å². The van der Waals surface area contributed by atoms with Crippen LogP contribution >= 0.6 is 11.6 Å². The van der Waals surface area contributed by atoms with Gasteiger partial charge in [0.05, 0.1) is 5.88 Å². The maximum Gasteiger partial charge on any atom is 0.246 e. The van der Waals surface area contributed by atoms with Crippen LogP contribution < -0.4 is 0 Å². The van der Waals surface area contributed by atoms with Gasteiger partial charge in [-0.2, -0.15) is 4.31 Å². The van der Waals surface area contributed by atoms with E-state index in [0.29, 0.717) is 30.7 Å². The summed E-state index contributed by atoms with van der Waals surface area (Å²) in [5.74, 6) is 1.12. The third kappa shape index (κ3) is 2.86. The third-order valence-corrected chi connectivity index (χ3v) is 6.68. The minimum Gasteiger partial charge on any atom is -0.464 e. The van der Waals surface area contributed by atoms with Gasteiger partial charge in [-0.3, -0.25) is 4.90 Å². The van der Waals surface area contributed by atoms with Crippen molar-refractivity contribution in [1.29, 1.82) is 0 Å². The van der Waals surface area contributed by atoms with E-state index < -0.39 is 10.0 Å². The average Bonchev–Trinajstić information content (AvgIpc) is 2.99. The summed E-state index contributed by atoms with van der Waals surface area (Å²) >= 11 is 5.74. The van der Waals surface area contributed by atoms with E-state index in [1.165, 1.54) is 6.42 Å². The van der Waals surface area contributed by atoms with E-state index in [2.05, 4.69) is 4.90 Å². The van der Waals surface area contributed by atoms with Gasteiger partial charge in [0.2, 0.25) is 10.0 Å². The topological polar surface area (TPSA) is 53.8 Å². The summed E-state index contributed by atoms with van der Waals surface area (Å²) in [6.45, 7) is 4.94. The SMILES string of the molecule is Cc1oc(CCl)cc1S(=O)(=O)N1CCCN2CCCC2C1. The van der Waals surface area contributed by atoms with Crippen molar-refractivity contribution in [3.63, 3.8) is 0 Å². The second-order valence-electron chi connectivity index (χ2n) is 5.82. The number of sulfonamides is 1. The molecular weight excluding hydrogens is 312 g/mol. The Hall–Kier alpha value is -0.560. The molecule has 2 saturated heterocycles. The molecule has 0 amide bonds. The standard InChI is InChI=1S/C14H21ClN2O3S/c1-11-14(8-13(9-15)20-11)21(18,19)17-7-3-6-16-5-2-4-12(16)10-17/h8,12H,2-7,9-10H2,1H3. The molecule has 118 valence electrons. The lowest BCUT2D eigenvalue weighted by Gasteiger charge is -2.24. The van der Waals surface area contributed by atoms with Gasteiger partial charge in [0.15, 0.2) is 0 Å². The fourth-order valence-corrected chi connectivity index (χ4v) is 5.21. The second-order valence-corrected chi connectivity index (χ2v) is 7.99. The zero-order valence-corrected chi connectivity index (χ0v) is 13.8. The van der Waals surface area contributed by atoms with Crippen LogP contribution in [0.25, 0.3) is 0 Å². The molecule has 7 heteroatoms. The van der Waals surface area contributed by atoms with Gasteiger partial charge in [-0.05, 0) is 39.3 Å². The quantitative estimate of drug-likeness (QED) is 0.796. The highest BCUT2D eigenvalue weighted by molar-refractivity contribution is 7.89. The molecule has 0 radical (unpaired) electrons. The molecule has 1 atom stereocenters. The molecule has 0 spiro atoms. The molecule has 0 bridgehead atoms. The highest BCUT2D eigenvalue weighted by Crippen LogP contribution is 2.28. The van der Waals surface area contributed by atoms with Gasteiger partial charge < -0.3 is 4.42 Å². The van der Waals surface area contributed by atoms with Crippen LogP contribution in [0.3, 0.4) is 0 Å². The van der Waals surface area contributed by atoms with Crippen molar-refractivity contribution in [2.24, 2.45) is 0 Å². The Morgan fingerprint density at radius 3 is 2.81 bits per heavy atom. The van der Waals surface area contributed by atoms with Crippen LogP contribution in [0.4, 0.5) is 0 Å². The highest BCUT2D eigenvalue weighted by atomic mass is 35.5. The van der Waals surface area contributed by atoms with E-state index in [1.54, 1.807) is 17.3 Å². The molecule has 0 aromatic carbocycles. The van der Waals surface area contributed by atoms with E-state index in [9.17, 15) is 8.42 Å². The van der Waals surface area contributed by atoms with Crippen molar-refractivity contribution >= 4 is 21.6 Å². The first kappa shape index (κ1) is 15.3. The summed E-state index contributed by atoms with van der Waals surface area (Å²) in [6.07, 6.45) is 3.14.